The summed E-state index contributed by atoms with van der Waals surface area (Å²) in [6, 6.07) is 3.15. The minimum atomic E-state index is -1.10. The van der Waals surface area contributed by atoms with Crippen LogP contribution in [0.15, 0.2) is 12.1 Å². The van der Waals surface area contributed by atoms with Crippen molar-refractivity contribution in [1.29, 1.82) is 0 Å². The van der Waals surface area contributed by atoms with Crippen molar-refractivity contribution >= 4 is 41.1 Å². The maximum atomic E-state index is 14.2. The zero-order valence-electron chi connectivity index (χ0n) is 25.6. The van der Waals surface area contributed by atoms with Crippen molar-refractivity contribution in [2.24, 2.45) is 5.92 Å². The first-order valence-corrected chi connectivity index (χ1v) is 15.0. The number of carbonyl (C=O) groups excluding carboxylic acids is 4. The Bertz CT molecular complexity index is 1150. The molecule has 1 N–H and O–H groups in total. The van der Waals surface area contributed by atoms with Gasteiger partial charge in [-0.25, -0.2) is 4.79 Å². The minimum Gasteiger partial charge on any atom is -0.476 e. The van der Waals surface area contributed by atoms with Crippen molar-refractivity contribution in [2.45, 2.75) is 97.9 Å². The number of benzene rings is 1. The number of hydrogen-bond donors (Lipinski definition) is 1. The van der Waals surface area contributed by atoms with Gasteiger partial charge in [-0.15, -0.1) is 0 Å². The molecule has 1 saturated heterocycles. The van der Waals surface area contributed by atoms with E-state index in [0.29, 0.717) is 36.5 Å². The van der Waals surface area contributed by atoms with Crippen LogP contribution in [0.25, 0.3) is 0 Å². The normalized spacial score (nSPS) is 19.0. The number of likely N-dealkylation sites (tertiary alicyclic amines) is 1. The fraction of sp³-hybridized carbons (Fsp3) is 0.667. The quantitative estimate of drug-likeness (QED) is 0.417. The zero-order chi connectivity index (χ0) is 30.6. The average Bonchev–Trinajstić information content (AvgIpc) is 2.90. The van der Waals surface area contributed by atoms with Crippen molar-refractivity contribution in [2.75, 3.05) is 31.1 Å². The third-order valence-corrected chi connectivity index (χ3v) is 8.10. The monoisotopic (exact) mass is 592 g/mol. The van der Waals surface area contributed by atoms with Crippen LogP contribution in [0.2, 0.25) is 0 Å². The number of anilines is 1. The summed E-state index contributed by atoms with van der Waals surface area (Å²) >= 11 is 6.19. The minimum absolute atomic E-state index is 0.0224. The van der Waals surface area contributed by atoms with Crippen molar-refractivity contribution in [3.63, 3.8) is 0 Å². The lowest BCUT2D eigenvalue weighted by Gasteiger charge is -2.42. The van der Waals surface area contributed by atoms with Crippen molar-refractivity contribution in [3.05, 3.63) is 23.3 Å². The number of amides is 4. The molecule has 0 aliphatic carbocycles. The maximum absolute atomic E-state index is 14.2. The highest BCUT2D eigenvalue weighted by atomic mass is 35.5. The molecule has 4 amide bonds. The first-order valence-electron chi connectivity index (χ1n) is 14.5. The van der Waals surface area contributed by atoms with Crippen LogP contribution in [-0.4, -0.2) is 83.0 Å². The molecule has 3 rings (SSSR count). The second-order valence-electron chi connectivity index (χ2n) is 11.9. The van der Waals surface area contributed by atoms with E-state index in [2.05, 4.69) is 5.32 Å². The first kappa shape index (κ1) is 32.5. The molecule has 10 nitrogen and oxygen atoms in total. The summed E-state index contributed by atoms with van der Waals surface area (Å²) in [4.78, 5) is 57.2. The van der Waals surface area contributed by atoms with Gasteiger partial charge in [-0.2, -0.15) is 0 Å². The van der Waals surface area contributed by atoms with Crippen LogP contribution < -0.4 is 15.0 Å². The Balaban J connectivity index is 1.90. The lowest BCUT2D eigenvalue weighted by atomic mass is 9.97. The van der Waals surface area contributed by atoms with Gasteiger partial charge in [0.2, 0.25) is 5.91 Å². The van der Waals surface area contributed by atoms with E-state index >= 15 is 0 Å². The van der Waals surface area contributed by atoms with Crippen LogP contribution in [0.4, 0.5) is 10.5 Å². The van der Waals surface area contributed by atoms with Crippen molar-refractivity contribution < 1.29 is 28.7 Å². The molecule has 0 saturated carbocycles. The summed E-state index contributed by atoms with van der Waals surface area (Å²) in [7, 11) is 0. The third-order valence-electron chi connectivity index (χ3n) is 7.51. The van der Waals surface area contributed by atoms with Gasteiger partial charge in [0.1, 0.15) is 5.75 Å². The number of ether oxygens (including phenoxy) is 2. The van der Waals surface area contributed by atoms with E-state index in [-0.39, 0.29) is 48.8 Å². The molecule has 1 aromatic rings. The number of aryl methyl sites for hydroxylation is 1. The molecular formula is C30H45ClN4O6. The predicted molar refractivity (Wildman–Crippen MR) is 158 cm³/mol. The van der Waals surface area contributed by atoms with Gasteiger partial charge >= 0.3 is 6.09 Å². The van der Waals surface area contributed by atoms with Crippen LogP contribution >= 0.6 is 11.6 Å². The third kappa shape index (κ3) is 7.45. The number of hydrogen-bond acceptors (Lipinski definition) is 6. The topological polar surface area (TPSA) is 108 Å². The van der Waals surface area contributed by atoms with Gasteiger partial charge in [0, 0.05) is 50.1 Å². The smallest absolute Gasteiger partial charge is 0.411 e. The summed E-state index contributed by atoms with van der Waals surface area (Å²) < 4.78 is 11.5. The molecule has 0 radical (unpaired) electrons. The van der Waals surface area contributed by atoms with E-state index < -0.39 is 17.3 Å². The number of nitrogens with one attached hydrogen (secondary N) is 1. The number of piperidine rings is 1. The Morgan fingerprint density at radius 2 is 1.90 bits per heavy atom. The zero-order valence-corrected chi connectivity index (χ0v) is 26.3. The average molecular weight is 593 g/mol. The number of nitrogens with zero attached hydrogens (tertiary/aromatic N) is 3. The largest absolute Gasteiger partial charge is 0.476 e. The molecule has 2 aliphatic heterocycles. The summed E-state index contributed by atoms with van der Waals surface area (Å²) in [5.41, 5.74) is -0.152. The van der Waals surface area contributed by atoms with Gasteiger partial charge in [-0.05, 0) is 65.2 Å². The van der Waals surface area contributed by atoms with Crippen LogP contribution in [0.1, 0.15) is 83.7 Å². The Hall–Kier alpha value is -3.01. The van der Waals surface area contributed by atoms with Gasteiger partial charge in [0.25, 0.3) is 11.8 Å². The van der Waals surface area contributed by atoms with E-state index in [1.165, 1.54) is 0 Å². The lowest BCUT2D eigenvalue weighted by Crippen LogP contribution is -2.55. The van der Waals surface area contributed by atoms with Crippen LogP contribution in [0.5, 0.6) is 5.75 Å². The highest BCUT2D eigenvalue weighted by Crippen LogP contribution is 2.40. The molecule has 0 spiro atoms. The number of halogens is 1. The lowest BCUT2D eigenvalue weighted by molar-refractivity contribution is -0.132. The van der Waals surface area contributed by atoms with Crippen molar-refractivity contribution in [3.8, 4) is 5.75 Å². The predicted octanol–water partition coefficient (Wildman–Crippen LogP) is 4.70. The summed E-state index contributed by atoms with van der Waals surface area (Å²) in [5.74, 6) is -0.0536. The molecule has 11 heteroatoms. The second kappa shape index (κ2) is 13.3. The Morgan fingerprint density at radius 3 is 2.51 bits per heavy atom. The number of alkyl halides is 1. The van der Waals surface area contributed by atoms with Crippen molar-refractivity contribution in [1.82, 2.24) is 15.1 Å². The first-order chi connectivity index (χ1) is 19.2. The number of fused-ring (bicyclic) bond motifs is 1. The Labute approximate surface area is 248 Å². The molecular weight excluding hydrogens is 548 g/mol. The van der Waals surface area contributed by atoms with Gasteiger partial charge in [-0.1, -0.05) is 32.4 Å². The molecule has 0 aromatic heterocycles. The number of rotatable bonds is 9. The summed E-state index contributed by atoms with van der Waals surface area (Å²) in [6.07, 6.45) is 1.34. The van der Waals surface area contributed by atoms with Gasteiger partial charge < -0.3 is 29.5 Å². The molecule has 228 valence electrons. The Morgan fingerprint density at radius 1 is 1.22 bits per heavy atom. The van der Waals surface area contributed by atoms with Gasteiger partial charge in [0.05, 0.1) is 11.7 Å². The molecule has 2 atom stereocenters. The van der Waals surface area contributed by atoms with Crippen LogP contribution in [-0.2, 0) is 14.3 Å². The van der Waals surface area contributed by atoms with E-state index in [1.807, 2.05) is 39.5 Å². The van der Waals surface area contributed by atoms with E-state index in [0.717, 1.165) is 18.4 Å². The summed E-state index contributed by atoms with van der Waals surface area (Å²) in [6.45, 7) is 16.1. The summed E-state index contributed by atoms with van der Waals surface area (Å²) in [5, 5.41) is 2.81. The molecule has 1 fully saturated rings. The van der Waals surface area contributed by atoms with E-state index in [9.17, 15) is 19.2 Å². The highest BCUT2D eigenvalue weighted by Gasteiger charge is 2.42. The van der Waals surface area contributed by atoms with E-state index in [4.69, 9.17) is 21.1 Å². The van der Waals surface area contributed by atoms with Crippen LogP contribution in [0.3, 0.4) is 0 Å². The van der Waals surface area contributed by atoms with E-state index in [1.54, 1.807) is 42.7 Å². The van der Waals surface area contributed by atoms with Gasteiger partial charge in [0.15, 0.2) is 11.2 Å². The molecule has 2 aliphatic rings. The Kier molecular flexibility index (Phi) is 10.6. The molecule has 1 aromatic carbocycles. The SMILES string of the molecule is CCC(=O)NCCN1C(=O)C(C)(C)Oc2cc(C)c(C(=O)N(C(C)C)[C@@H]3CCCN(C(=O)OC(Cl)C(C)C)C3)cc21. The standard InChI is InChI=1S/C30H45ClN4O6/c1-9-25(36)32-12-14-34-23-16-22(20(6)15-24(23)41-30(7,8)28(34)38)27(37)35(19(4)5)21-11-10-13-33(17-21)29(39)40-26(31)18(2)3/h15-16,18-19,21,26H,9-14,17H2,1-8H3,(H,32,36)/t21-,26?/m1/s1. The maximum Gasteiger partial charge on any atom is 0.411 e. The molecule has 1 unspecified atom stereocenters. The fourth-order valence-electron chi connectivity index (χ4n) is 5.22. The fourth-order valence-corrected chi connectivity index (χ4v) is 5.29. The number of carbonyl (C=O) groups is 4. The second-order valence-corrected chi connectivity index (χ2v) is 12.4. The highest BCUT2D eigenvalue weighted by molar-refractivity contribution is 6.20. The van der Waals surface area contributed by atoms with Gasteiger partial charge in [-0.3, -0.25) is 14.4 Å². The molecule has 41 heavy (non-hydrogen) atoms. The molecule has 0 bridgehead atoms. The van der Waals surface area contributed by atoms with Crippen LogP contribution in [0, 0.1) is 12.8 Å². The molecule has 2 heterocycles.